The van der Waals surface area contributed by atoms with Gasteiger partial charge in [0.2, 0.25) is 0 Å². The van der Waals surface area contributed by atoms with Gasteiger partial charge in [-0.15, -0.1) is 0 Å². The van der Waals surface area contributed by atoms with Gasteiger partial charge in [0.1, 0.15) is 5.75 Å². The Morgan fingerprint density at radius 1 is 1.00 bits per heavy atom. The van der Waals surface area contributed by atoms with Crippen molar-refractivity contribution in [3.05, 3.63) is 65.7 Å². The van der Waals surface area contributed by atoms with Gasteiger partial charge in [-0.05, 0) is 12.1 Å². The molecule has 0 atom stereocenters. The summed E-state index contributed by atoms with van der Waals surface area (Å²) >= 11 is 4.08. The van der Waals surface area contributed by atoms with Crippen LogP contribution < -0.4 is 4.74 Å². The molecule has 2 aromatic rings. The molecule has 0 heterocycles. The summed E-state index contributed by atoms with van der Waals surface area (Å²) in [5.41, 5.74) is 1.32. The van der Waals surface area contributed by atoms with Gasteiger partial charge in [-0.1, -0.05) is 42.5 Å². The number of hydrogen-bond donors (Lipinski definition) is 1. The molecule has 0 saturated heterocycles. The van der Waals surface area contributed by atoms with Crippen molar-refractivity contribution in [1.82, 2.24) is 0 Å². The molecular formula is C15H14O2S. The molecule has 0 amide bonds. The molecule has 0 spiro atoms. The lowest BCUT2D eigenvalue weighted by Gasteiger charge is -2.06. The van der Waals surface area contributed by atoms with Gasteiger partial charge in [0.25, 0.3) is 0 Å². The van der Waals surface area contributed by atoms with Crippen molar-refractivity contribution < 1.29 is 9.53 Å². The average Bonchev–Trinajstić information content (AvgIpc) is 2.45. The predicted molar refractivity (Wildman–Crippen MR) is 75.7 cm³/mol. The molecule has 0 saturated carbocycles. The summed E-state index contributed by atoms with van der Waals surface area (Å²) in [4.78, 5) is 12.2. The molecule has 0 fully saturated rings. The molecule has 0 aliphatic carbocycles. The Kier molecular flexibility index (Phi) is 4.42. The van der Waals surface area contributed by atoms with E-state index >= 15 is 0 Å². The molecule has 0 aromatic heterocycles. The zero-order valence-corrected chi connectivity index (χ0v) is 10.8. The van der Waals surface area contributed by atoms with E-state index in [0.717, 1.165) is 0 Å². The molecule has 0 radical (unpaired) electrons. The van der Waals surface area contributed by atoms with Crippen molar-refractivity contribution in [2.75, 3.05) is 12.4 Å². The van der Waals surface area contributed by atoms with Crippen LogP contribution in [-0.4, -0.2) is 18.1 Å². The average molecular weight is 258 g/mol. The second-order valence-corrected chi connectivity index (χ2v) is 4.24. The fraction of sp³-hybridized carbons (Fsp3) is 0.133. The minimum absolute atomic E-state index is 0.00641. The molecule has 0 unspecified atom stereocenters. The third-order valence-electron chi connectivity index (χ3n) is 2.49. The molecule has 3 heteroatoms. The molecule has 2 rings (SSSR count). The number of thiol groups is 1. The van der Waals surface area contributed by atoms with Crippen molar-refractivity contribution in [2.45, 2.75) is 0 Å². The van der Waals surface area contributed by atoms with Gasteiger partial charge in [0, 0.05) is 16.9 Å². The first-order valence-corrected chi connectivity index (χ1v) is 6.38. The zero-order valence-electron chi connectivity index (χ0n) is 9.87. The second kappa shape index (κ2) is 6.26. The minimum atomic E-state index is 0.00641. The third kappa shape index (κ3) is 3.14. The maximum absolute atomic E-state index is 12.2. The first kappa shape index (κ1) is 12.7. The molecule has 0 aliphatic rings. The molecule has 92 valence electrons. The summed E-state index contributed by atoms with van der Waals surface area (Å²) in [6.07, 6.45) is 0. The topological polar surface area (TPSA) is 26.3 Å². The monoisotopic (exact) mass is 258 g/mol. The van der Waals surface area contributed by atoms with E-state index in [1.807, 2.05) is 42.5 Å². The zero-order chi connectivity index (χ0) is 12.8. The maximum Gasteiger partial charge on any atom is 0.193 e. The third-order valence-corrected chi connectivity index (χ3v) is 2.67. The summed E-state index contributed by atoms with van der Waals surface area (Å²) in [6, 6.07) is 16.4. The quantitative estimate of drug-likeness (QED) is 0.658. The molecule has 18 heavy (non-hydrogen) atoms. The number of carbonyl (C=O) groups is 1. The first-order valence-electron chi connectivity index (χ1n) is 5.75. The van der Waals surface area contributed by atoms with E-state index in [0.29, 0.717) is 29.2 Å². The number of rotatable bonds is 5. The van der Waals surface area contributed by atoms with E-state index < -0.39 is 0 Å². The number of hydrogen-bond acceptors (Lipinski definition) is 3. The van der Waals surface area contributed by atoms with Gasteiger partial charge in [-0.3, -0.25) is 4.79 Å². The lowest BCUT2D eigenvalue weighted by atomic mass is 10.0. The van der Waals surface area contributed by atoms with Crippen LogP contribution in [0.5, 0.6) is 5.75 Å². The number of carbonyl (C=O) groups excluding carboxylic acids is 1. The molecule has 0 aliphatic heterocycles. The lowest BCUT2D eigenvalue weighted by molar-refractivity contribution is 0.103. The Hall–Kier alpha value is -1.74. The van der Waals surface area contributed by atoms with Gasteiger partial charge in [0.05, 0.1) is 6.61 Å². The van der Waals surface area contributed by atoms with E-state index in [-0.39, 0.29) is 5.78 Å². The molecule has 2 aromatic carbocycles. The van der Waals surface area contributed by atoms with Crippen LogP contribution in [0.4, 0.5) is 0 Å². The summed E-state index contributed by atoms with van der Waals surface area (Å²) in [5.74, 6) is 1.36. The van der Waals surface area contributed by atoms with E-state index in [2.05, 4.69) is 12.6 Å². The van der Waals surface area contributed by atoms with Crippen LogP contribution in [0.3, 0.4) is 0 Å². The smallest absolute Gasteiger partial charge is 0.193 e. The lowest BCUT2D eigenvalue weighted by Crippen LogP contribution is -2.03. The minimum Gasteiger partial charge on any atom is -0.493 e. The first-order chi connectivity index (χ1) is 8.81. The fourth-order valence-electron chi connectivity index (χ4n) is 1.65. The Bertz CT molecular complexity index is 523. The maximum atomic E-state index is 12.2. The Morgan fingerprint density at radius 3 is 2.44 bits per heavy atom. The SMILES string of the molecule is O=C(c1ccccc1)c1cccc(OCCS)c1. The predicted octanol–water partition coefficient (Wildman–Crippen LogP) is 3.23. The van der Waals surface area contributed by atoms with Crippen LogP contribution in [-0.2, 0) is 0 Å². The Balaban J connectivity index is 2.20. The van der Waals surface area contributed by atoms with Crippen molar-refractivity contribution >= 4 is 18.4 Å². The molecule has 0 bridgehead atoms. The molecular weight excluding hydrogens is 244 g/mol. The van der Waals surface area contributed by atoms with Gasteiger partial charge >= 0.3 is 0 Å². The summed E-state index contributed by atoms with van der Waals surface area (Å²) in [5, 5.41) is 0. The van der Waals surface area contributed by atoms with Gasteiger partial charge in [-0.25, -0.2) is 0 Å². The molecule has 0 N–H and O–H groups in total. The Labute approximate surface area is 112 Å². The van der Waals surface area contributed by atoms with E-state index in [4.69, 9.17) is 4.74 Å². The molecule has 2 nitrogen and oxygen atoms in total. The van der Waals surface area contributed by atoms with E-state index in [1.165, 1.54) is 0 Å². The largest absolute Gasteiger partial charge is 0.493 e. The summed E-state index contributed by atoms with van der Waals surface area (Å²) in [7, 11) is 0. The van der Waals surface area contributed by atoms with Crippen LogP contribution in [0.1, 0.15) is 15.9 Å². The highest BCUT2D eigenvalue weighted by atomic mass is 32.1. The highest BCUT2D eigenvalue weighted by molar-refractivity contribution is 7.80. The van der Waals surface area contributed by atoms with Crippen LogP contribution >= 0.6 is 12.6 Å². The van der Waals surface area contributed by atoms with Crippen LogP contribution in [0.2, 0.25) is 0 Å². The van der Waals surface area contributed by atoms with Crippen molar-refractivity contribution in [1.29, 1.82) is 0 Å². The summed E-state index contributed by atoms with van der Waals surface area (Å²) in [6.45, 7) is 0.534. The van der Waals surface area contributed by atoms with Gasteiger partial charge in [-0.2, -0.15) is 12.6 Å². The van der Waals surface area contributed by atoms with Crippen LogP contribution in [0, 0.1) is 0 Å². The summed E-state index contributed by atoms with van der Waals surface area (Å²) < 4.78 is 5.45. The second-order valence-electron chi connectivity index (χ2n) is 3.80. The standard InChI is InChI=1S/C15H14O2S/c16-15(12-5-2-1-3-6-12)13-7-4-8-14(11-13)17-9-10-18/h1-8,11,18H,9-10H2. The van der Waals surface area contributed by atoms with Crippen molar-refractivity contribution in [3.8, 4) is 5.75 Å². The number of ether oxygens (including phenoxy) is 1. The highest BCUT2D eigenvalue weighted by Gasteiger charge is 2.08. The Morgan fingerprint density at radius 2 is 1.72 bits per heavy atom. The van der Waals surface area contributed by atoms with Gasteiger partial charge < -0.3 is 4.74 Å². The van der Waals surface area contributed by atoms with Crippen LogP contribution in [0.25, 0.3) is 0 Å². The highest BCUT2D eigenvalue weighted by Crippen LogP contribution is 2.16. The van der Waals surface area contributed by atoms with Gasteiger partial charge in [0.15, 0.2) is 5.78 Å². The number of benzene rings is 2. The van der Waals surface area contributed by atoms with E-state index in [1.54, 1.807) is 12.1 Å². The normalized spacial score (nSPS) is 10.1. The van der Waals surface area contributed by atoms with Crippen molar-refractivity contribution in [2.24, 2.45) is 0 Å². The van der Waals surface area contributed by atoms with Crippen LogP contribution in [0.15, 0.2) is 54.6 Å². The fourth-order valence-corrected chi connectivity index (χ4v) is 1.74. The number of ketones is 1. The van der Waals surface area contributed by atoms with Crippen molar-refractivity contribution in [3.63, 3.8) is 0 Å². The van der Waals surface area contributed by atoms with E-state index in [9.17, 15) is 4.79 Å².